The molecule has 1 aliphatic heterocycles. The lowest BCUT2D eigenvalue weighted by molar-refractivity contribution is -0.00407. The lowest BCUT2D eigenvalue weighted by Gasteiger charge is -2.46. The first-order chi connectivity index (χ1) is 20.2. The molecule has 1 atom stereocenters. The Kier molecular flexibility index (Phi) is 9.18. The third-order valence-electron chi connectivity index (χ3n) is 8.15. The summed E-state index contributed by atoms with van der Waals surface area (Å²) in [5.74, 6) is 1.24. The number of benzene rings is 1. The smallest absolute Gasteiger partial charge is 0.407 e. The number of anilines is 2. The van der Waals surface area contributed by atoms with E-state index in [1.165, 1.54) is 4.90 Å². The fraction of sp³-hybridized carbons (Fsp3) is 0.455. The molecule has 0 spiro atoms. The van der Waals surface area contributed by atoms with Crippen molar-refractivity contribution in [3.05, 3.63) is 71.5 Å². The Morgan fingerprint density at radius 3 is 2.49 bits per heavy atom. The Bertz CT molecular complexity index is 1460. The third kappa shape index (κ3) is 7.01. The number of ether oxygens (including phenoxy) is 2. The van der Waals surface area contributed by atoms with E-state index in [0.717, 1.165) is 17.5 Å². The van der Waals surface area contributed by atoms with Crippen molar-refractivity contribution in [1.82, 2.24) is 14.9 Å². The molecule has 1 fully saturated rings. The zero-order valence-electron chi connectivity index (χ0n) is 26.2. The topological polar surface area (TPSA) is 126 Å². The molecule has 4 rings (SSSR count). The van der Waals surface area contributed by atoms with Crippen molar-refractivity contribution in [3.63, 3.8) is 0 Å². The fourth-order valence-electron chi connectivity index (χ4n) is 5.63. The average Bonchev–Trinajstić information content (AvgIpc) is 3.41. The minimum absolute atomic E-state index is 0.208. The highest BCUT2D eigenvalue weighted by molar-refractivity contribution is 6.07. The Morgan fingerprint density at radius 2 is 1.81 bits per heavy atom. The van der Waals surface area contributed by atoms with E-state index in [4.69, 9.17) is 9.47 Å². The van der Waals surface area contributed by atoms with Crippen LogP contribution in [0.15, 0.2) is 54.9 Å². The monoisotopic (exact) mass is 589 g/mol. The molecule has 10 heteroatoms. The molecule has 1 aliphatic rings. The standard InChI is InChI=1S/C33H43N5O5/c1-31(2,3)25-12-11-23(19-26(25)43-21-33(32(4,5)6)14-9-17-38(33)30(40)41)37-29(39)24-10-8-15-35-28(24)36-20-22-13-16-34-27(18-22)42-7/h8,10-13,15-16,18-19H,9,14,17,20-21H2,1-7H3,(H,35,36)(H,37,39)(H,40,41)/t33-/m1/s1. The van der Waals surface area contributed by atoms with Gasteiger partial charge in [0, 0.05) is 43.3 Å². The van der Waals surface area contributed by atoms with Gasteiger partial charge < -0.3 is 25.2 Å². The number of likely N-dealkylation sites (tertiary alicyclic amines) is 1. The molecule has 1 saturated heterocycles. The SMILES string of the molecule is COc1cc(CNc2ncccc2C(=O)Nc2ccc(C(C)(C)C)c(OC[C@@]3(C(C)(C)C)CCCN3C(=O)O)c2)ccn1. The van der Waals surface area contributed by atoms with Gasteiger partial charge in [0.15, 0.2) is 0 Å². The van der Waals surface area contributed by atoms with E-state index in [0.29, 0.717) is 48.2 Å². The van der Waals surface area contributed by atoms with Gasteiger partial charge in [0.1, 0.15) is 18.2 Å². The number of rotatable bonds is 9. The first kappa shape index (κ1) is 31.6. The first-order valence-electron chi connectivity index (χ1n) is 14.5. The van der Waals surface area contributed by atoms with Crippen LogP contribution >= 0.6 is 0 Å². The number of pyridine rings is 2. The molecule has 3 N–H and O–H groups in total. The third-order valence-corrected chi connectivity index (χ3v) is 8.15. The molecule has 0 saturated carbocycles. The van der Waals surface area contributed by atoms with E-state index in [-0.39, 0.29) is 23.3 Å². The number of amides is 2. The minimum atomic E-state index is -0.933. The van der Waals surface area contributed by atoms with Crippen molar-refractivity contribution in [3.8, 4) is 11.6 Å². The zero-order valence-corrected chi connectivity index (χ0v) is 26.2. The molecule has 230 valence electrons. The summed E-state index contributed by atoms with van der Waals surface area (Å²) in [5, 5.41) is 16.2. The van der Waals surface area contributed by atoms with Crippen molar-refractivity contribution in [1.29, 1.82) is 0 Å². The van der Waals surface area contributed by atoms with E-state index >= 15 is 0 Å². The Morgan fingerprint density at radius 1 is 1.05 bits per heavy atom. The maximum Gasteiger partial charge on any atom is 0.407 e. The average molecular weight is 590 g/mol. The lowest BCUT2D eigenvalue weighted by atomic mass is 9.72. The summed E-state index contributed by atoms with van der Waals surface area (Å²) in [6, 6.07) is 12.7. The van der Waals surface area contributed by atoms with E-state index in [2.05, 4.69) is 62.1 Å². The van der Waals surface area contributed by atoms with Crippen LogP contribution in [-0.4, -0.2) is 57.8 Å². The van der Waals surface area contributed by atoms with E-state index in [1.54, 1.807) is 31.6 Å². The van der Waals surface area contributed by atoms with Crippen LogP contribution in [0.2, 0.25) is 0 Å². The number of nitrogens with zero attached hydrogens (tertiary/aromatic N) is 3. The second-order valence-electron chi connectivity index (χ2n) is 13.0. The highest BCUT2D eigenvalue weighted by Gasteiger charge is 2.52. The largest absolute Gasteiger partial charge is 0.491 e. The van der Waals surface area contributed by atoms with Crippen molar-refractivity contribution >= 4 is 23.5 Å². The molecule has 0 bridgehead atoms. The second kappa shape index (κ2) is 12.5. The van der Waals surface area contributed by atoms with Crippen LogP contribution < -0.4 is 20.1 Å². The summed E-state index contributed by atoms with van der Waals surface area (Å²) in [6.45, 7) is 13.6. The molecule has 1 aromatic carbocycles. The number of carbonyl (C=O) groups is 2. The maximum absolute atomic E-state index is 13.5. The van der Waals surface area contributed by atoms with E-state index in [1.807, 2.05) is 30.3 Å². The van der Waals surface area contributed by atoms with Gasteiger partial charge in [-0.05, 0) is 59.1 Å². The summed E-state index contributed by atoms with van der Waals surface area (Å²) in [5.41, 5.74) is 1.58. The lowest BCUT2D eigenvalue weighted by Crippen LogP contribution is -2.59. The van der Waals surface area contributed by atoms with Gasteiger partial charge in [-0.3, -0.25) is 9.69 Å². The predicted octanol–water partition coefficient (Wildman–Crippen LogP) is 6.58. The van der Waals surface area contributed by atoms with Gasteiger partial charge in [-0.25, -0.2) is 14.8 Å². The molecule has 2 amide bonds. The van der Waals surface area contributed by atoms with Crippen molar-refractivity contribution in [2.24, 2.45) is 5.41 Å². The summed E-state index contributed by atoms with van der Waals surface area (Å²) in [6.07, 6.45) is 3.86. The molecule has 0 unspecified atom stereocenters. The molecule has 43 heavy (non-hydrogen) atoms. The molecule has 0 radical (unpaired) electrons. The Balaban J connectivity index is 1.57. The quantitative estimate of drug-likeness (QED) is 0.255. The number of hydrogen-bond acceptors (Lipinski definition) is 7. The van der Waals surface area contributed by atoms with E-state index < -0.39 is 11.6 Å². The van der Waals surface area contributed by atoms with Crippen molar-refractivity contribution < 1.29 is 24.2 Å². The van der Waals surface area contributed by atoms with E-state index in [9.17, 15) is 14.7 Å². The van der Waals surface area contributed by atoms with Crippen LogP contribution in [0.25, 0.3) is 0 Å². The Labute approximate surface area is 253 Å². The van der Waals surface area contributed by atoms with Gasteiger partial charge in [0.2, 0.25) is 5.88 Å². The highest BCUT2D eigenvalue weighted by atomic mass is 16.5. The van der Waals surface area contributed by atoms with Gasteiger partial charge in [-0.15, -0.1) is 0 Å². The van der Waals surface area contributed by atoms with Crippen molar-refractivity contribution in [2.75, 3.05) is 30.9 Å². The number of carbonyl (C=O) groups excluding carboxylic acids is 1. The minimum Gasteiger partial charge on any atom is -0.491 e. The van der Waals surface area contributed by atoms with Gasteiger partial charge >= 0.3 is 6.09 Å². The number of hydrogen-bond donors (Lipinski definition) is 3. The first-order valence-corrected chi connectivity index (χ1v) is 14.5. The highest BCUT2D eigenvalue weighted by Crippen LogP contribution is 2.45. The number of nitrogens with one attached hydrogen (secondary N) is 2. The summed E-state index contributed by atoms with van der Waals surface area (Å²) in [7, 11) is 1.56. The molecule has 3 heterocycles. The molecule has 2 aromatic heterocycles. The van der Waals surface area contributed by atoms with Crippen molar-refractivity contribution in [2.45, 2.75) is 71.9 Å². The molecular weight excluding hydrogens is 546 g/mol. The maximum atomic E-state index is 13.5. The predicted molar refractivity (Wildman–Crippen MR) is 167 cm³/mol. The molecular formula is C33H43N5O5. The summed E-state index contributed by atoms with van der Waals surface area (Å²) in [4.78, 5) is 35.7. The fourth-order valence-corrected chi connectivity index (χ4v) is 5.63. The van der Waals surface area contributed by atoms with Gasteiger partial charge in [-0.2, -0.15) is 0 Å². The van der Waals surface area contributed by atoms with Crippen LogP contribution in [0.4, 0.5) is 16.3 Å². The second-order valence-corrected chi connectivity index (χ2v) is 13.0. The number of methoxy groups -OCH3 is 1. The normalized spacial score (nSPS) is 17.0. The number of carboxylic acid groups (broad SMARTS) is 1. The van der Waals surface area contributed by atoms with Crippen LogP contribution in [0.3, 0.4) is 0 Å². The van der Waals surface area contributed by atoms with Gasteiger partial charge in [-0.1, -0.05) is 47.6 Å². The molecule has 3 aromatic rings. The Hall–Kier alpha value is -4.34. The van der Waals surface area contributed by atoms with Gasteiger partial charge in [0.05, 0.1) is 18.2 Å². The molecule has 10 nitrogen and oxygen atoms in total. The van der Waals surface area contributed by atoms with Crippen LogP contribution in [0, 0.1) is 5.41 Å². The van der Waals surface area contributed by atoms with Crippen LogP contribution in [0.5, 0.6) is 11.6 Å². The van der Waals surface area contributed by atoms with Gasteiger partial charge in [0.25, 0.3) is 5.91 Å². The summed E-state index contributed by atoms with van der Waals surface area (Å²) >= 11 is 0. The number of aromatic nitrogens is 2. The zero-order chi connectivity index (χ0) is 31.4. The molecule has 0 aliphatic carbocycles. The van der Waals surface area contributed by atoms with Crippen LogP contribution in [-0.2, 0) is 12.0 Å². The van der Waals surface area contributed by atoms with Crippen LogP contribution in [0.1, 0.15) is 75.9 Å². The summed E-state index contributed by atoms with van der Waals surface area (Å²) < 4.78 is 11.7.